The van der Waals surface area contributed by atoms with E-state index in [1.807, 2.05) is 25.7 Å². The van der Waals surface area contributed by atoms with Gasteiger partial charge in [-0.2, -0.15) is 26.3 Å². The third-order valence-corrected chi connectivity index (χ3v) is 5.28. The topological polar surface area (TPSA) is 18.5 Å². The van der Waals surface area contributed by atoms with Crippen LogP contribution in [0.5, 0.6) is 11.5 Å². The molecule has 0 amide bonds. The number of ether oxygens (including phenoxy) is 2. The molecule has 2 rings (SSSR count). The molecule has 2 aromatic carbocycles. The molecule has 0 aromatic heterocycles. The summed E-state index contributed by atoms with van der Waals surface area (Å²) in [6.07, 6.45) is 2.22. The Balaban J connectivity index is 2.24. The zero-order valence-corrected chi connectivity index (χ0v) is 18.7. The molecule has 0 heterocycles. The summed E-state index contributed by atoms with van der Waals surface area (Å²) in [6.45, 7) is 3.73. The first-order valence-corrected chi connectivity index (χ1v) is 10.6. The SMILES string of the molecule is C#Cc1ccc(OCC(CC)C(CCC)Oc2ccc(C#C)c(C(F)(F)F)c2)cc1C(F)(F)F. The molecule has 0 radical (unpaired) electrons. The van der Waals surface area contributed by atoms with Crippen molar-refractivity contribution in [2.24, 2.45) is 5.92 Å². The summed E-state index contributed by atoms with van der Waals surface area (Å²) in [5.41, 5.74) is -2.54. The lowest BCUT2D eigenvalue weighted by Gasteiger charge is -2.27. The van der Waals surface area contributed by atoms with Gasteiger partial charge >= 0.3 is 12.4 Å². The second kappa shape index (κ2) is 11.2. The Morgan fingerprint density at radius 2 is 1.32 bits per heavy atom. The maximum Gasteiger partial charge on any atom is 0.417 e. The molecule has 0 bridgehead atoms. The normalized spacial score (nSPS) is 13.5. The van der Waals surface area contributed by atoms with Crippen LogP contribution in [0.3, 0.4) is 0 Å². The summed E-state index contributed by atoms with van der Waals surface area (Å²) in [7, 11) is 0. The molecule has 0 aliphatic rings. The van der Waals surface area contributed by atoms with Crippen LogP contribution >= 0.6 is 0 Å². The monoisotopic (exact) mass is 482 g/mol. The molecular weight excluding hydrogens is 458 g/mol. The van der Waals surface area contributed by atoms with E-state index in [1.54, 1.807) is 0 Å². The van der Waals surface area contributed by atoms with Gasteiger partial charge in [-0.25, -0.2) is 0 Å². The van der Waals surface area contributed by atoms with Crippen molar-refractivity contribution in [3.05, 3.63) is 58.7 Å². The van der Waals surface area contributed by atoms with Gasteiger partial charge in [-0.1, -0.05) is 32.1 Å². The summed E-state index contributed by atoms with van der Waals surface area (Å²) in [5, 5.41) is 0. The van der Waals surface area contributed by atoms with Gasteiger partial charge in [0, 0.05) is 17.0 Å². The third kappa shape index (κ3) is 6.87. The predicted octanol–water partition coefficient (Wildman–Crippen LogP) is 7.34. The second-order valence-corrected chi connectivity index (χ2v) is 7.62. The van der Waals surface area contributed by atoms with Crippen molar-refractivity contribution in [3.8, 4) is 36.2 Å². The van der Waals surface area contributed by atoms with Crippen LogP contribution in [0.15, 0.2) is 36.4 Å². The van der Waals surface area contributed by atoms with E-state index < -0.39 is 29.6 Å². The zero-order chi connectivity index (χ0) is 25.5. The van der Waals surface area contributed by atoms with E-state index in [1.165, 1.54) is 18.2 Å². The molecule has 2 unspecified atom stereocenters. The van der Waals surface area contributed by atoms with Gasteiger partial charge in [0.1, 0.15) is 17.6 Å². The highest BCUT2D eigenvalue weighted by Gasteiger charge is 2.35. The third-order valence-electron chi connectivity index (χ3n) is 5.28. The van der Waals surface area contributed by atoms with Crippen LogP contribution in [0, 0.1) is 30.6 Å². The highest BCUT2D eigenvalue weighted by Crippen LogP contribution is 2.36. The Hall–Kier alpha value is -3.26. The number of hydrogen-bond donors (Lipinski definition) is 0. The highest BCUT2D eigenvalue weighted by atomic mass is 19.4. The van der Waals surface area contributed by atoms with Gasteiger partial charge in [-0.3, -0.25) is 0 Å². The predicted molar refractivity (Wildman–Crippen MR) is 117 cm³/mol. The first-order chi connectivity index (χ1) is 15.9. The average molecular weight is 482 g/mol. The molecule has 0 aliphatic heterocycles. The largest absolute Gasteiger partial charge is 0.493 e. The summed E-state index contributed by atoms with van der Waals surface area (Å²) in [5.74, 6) is 3.70. The fourth-order valence-electron chi connectivity index (χ4n) is 3.47. The molecule has 0 spiro atoms. The van der Waals surface area contributed by atoms with E-state index in [-0.39, 0.29) is 35.2 Å². The van der Waals surface area contributed by atoms with Crippen LogP contribution in [0.4, 0.5) is 26.3 Å². The Morgan fingerprint density at radius 3 is 1.76 bits per heavy atom. The maximum absolute atomic E-state index is 13.3. The van der Waals surface area contributed by atoms with E-state index in [4.69, 9.17) is 22.3 Å². The number of hydrogen-bond acceptors (Lipinski definition) is 2. The van der Waals surface area contributed by atoms with Gasteiger partial charge < -0.3 is 9.47 Å². The van der Waals surface area contributed by atoms with Crippen LogP contribution in [0.2, 0.25) is 0 Å². The Kier molecular flexibility index (Phi) is 8.93. The van der Waals surface area contributed by atoms with Crippen molar-refractivity contribution >= 4 is 0 Å². The van der Waals surface area contributed by atoms with Crippen molar-refractivity contribution < 1.29 is 35.8 Å². The summed E-state index contributed by atoms with van der Waals surface area (Å²) in [6, 6.07) is 6.75. The number of rotatable bonds is 9. The molecule has 8 heteroatoms. The number of halogens is 6. The minimum absolute atomic E-state index is 0.000885. The smallest absolute Gasteiger partial charge is 0.417 e. The molecule has 0 N–H and O–H groups in total. The Labute approximate surface area is 195 Å². The van der Waals surface area contributed by atoms with Gasteiger partial charge in [0.25, 0.3) is 0 Å². The minimum Gasteiger partial charge on any atom is -0.493 e. The standard InChI is InChI=1S/C26H24F6O2/c1-5-9-24(34-21-13-11-18(7-3)23(15-21)26(30,31)32)19(8-4)16-33-20-12-10-17(6-2)22(14-20)25(27,28)29/h2-3,10-15,19,24H,5,8-9,16H2,1,4H3. The highest BCUT2D eigenvalue weighted by molar-refractivity contribution is 5.47. The van der Waals surface area contributed by atoms with Gasteiger partial charge in [-0.05, 0) is 49.2 Å². The van der Waals surface area contributed by atoms with E-state index in [9.17, 15) is 26.3 Å². The van der Waals surface area contributed by atoms with Crippen LogP contribution in [0.25, 0.3) is 0 Å². The molecule has 0 fully saturated rings. The second-order valence-electron chi connectivity index (χ2n) is 7.62. The first-order valence-electron chi connectivity index (χ1n) is 10.6. The van der Waals surface area contributed by atoms with Gasteiger partial charge in [0.05, 0.1) is 17.7 Å². The van der Waals surface area contributed by atoms with Crippen molar-refractivity contribution in [2.45, 2.75) is 51.6 Å². The molecule has 2 aromatic rings. The van der Waals surface area contributed by atoms with Crippen LogP contribution < -0.4 is 9.47 Å². The molecule has 34 heavy (non-hydrogen) atoms. The van der Waals surface area contributed by atoms with E-state index in [0.29, 0.717) is 19.3 Å². The number of alkyl halides is 6. The van der Waals surface area contributed by atoms with Gasteiger partial charge in [0.15, 0.2) is 0 Å². The maximum atomic E-state index is 13.3. The van der Waals surface area contributed by atoms with E-state index >= 15 is 0 Å². The fourth-order valence-corrected chi connectivity index (χ4v) is 3.47. The average Bonchev–Trinajstić information content (AvgIpc) is 2.78. The quantitative estimate of drug-likeness (QED) is 0.275. The lowest BCUT2D eigenvalue weighted by atomic mass is 9.96. The van der Waals surface area contributed by atoms with Crippen LogP contribution in [-0.4, -0.2) is 12.7 Å². The summed E-state index contributed by atoms with van der Waals surface area (Å²) in [4.78, 5) is 0. The zero-order valence-electron chi connectivity index (χ0n) is 18.7. The summed E-state index contributed by atoms with van der Waals surface area (Å²) >= 11 is 0. The Morgan fingerprint density at radius 1 is 0.824 bits per heavy atom. The fraction of sp³-hybridized carbons (Fsp3) is 0.385. The minimum atomic E-state index is -4.64. The molecule has 0 saturated carbocycles. The van der Waals surface area contributed by atoms with E-state index in [2.05, 4.69) is 0 Å². The van der Waals surface area contributed by atoms with E-state index in [0.717, 1.165) is 18.2 Å². The van der Waals surface area contributed by atoms with Crippen molar-refractivity contribution in [1.82, 2.24) is 0 Å². The molecular formula is C26H24F6O2. The van der Waals surface area contributed by atoms with Crippen LogP contribution in [-0.2, 0) is 12.4 Å². The summed E-state index contributed by atoms with van der Waals surface area (Å²) < 4.78 is 91.3. The lowest BCUT2D eigenvalue weighted by molar-refractivity contribution is -0.138. The van der Waals surface area contributed by atoms with Crippen molar-refractivity contribution in [3.63, 3.8) is 0 Å². The number of benzene rings is 2. The Bertz CT molecular complexity index is 1060. The first kappa shape index (κ1) is 27.0. The lowest BCUT2D eigenvalue weighted by Crippen LogP contribution is -2.31. The van der Waals surface area contributed by atoms with Crippen molar-refractivity contribution in [2.75, 3.05) is 6.61 Å². The molecule has 0 saturated heterocycles. The van der Waals surface area contributed by atoms with Gasteiger partial charge in [0.2, 0.25) is 0 Å². The molecule has 0 aliphatic carbocycles. The molecule has 2 nitrogen and oxygen atoms in total. The molecule has 2 atom stereocenters. The van der Waals surface area contributed by atoms with Crippen molar-refractivity contribution in [1.29, 1.82) is 0 Å². The van der Waals surface area contributed by atoms with Crippen LogP contribution in [0.1, 0.15) is 55.4 Å². The number of terminal acetylenes is 2. The van der Waals surface area contributed by atoms with Gasteiger partial charge in [-0.15, -0.1) is 12.8 Å². The molecule has 182 valence electrons.